The normalized spacial score (nSPS) is 19.6. The SMILES string of the molecule is CC.CC(C)C(N)C(=O)N1CCN(C)CC1.CN1CCN(C(=O)CN)CC1. The average molecular weight is 387 g/mol. The van der Waals surface area contributed by atoms with Crippen molar-refractivity contribution in [2.24, 2.45) is 17.4 Å². The van der Waals surface area contributed by atoms with Gasteiger partial charge in [0.25, 0.3) is 0 Å². The molecule has 2 aliphatic rings. The Morgan fingerprint density at radius 3 is 1.52 bits per heavy atom. The third-order valence-corrected chi connectivity index (χ3v) is 4.85. The second-order valence-electron chi connectivity index (χ2n) is 7.29. The van der Waals surface area contributed by atoms with Crippen LogP contribution >= 0.6 is 0 Å². The summed E-state index contributed by atoms with van der Waals surface area (Å²) in [5.74, 6) is 0.397. The number of likely N-dealkylation sites (N-methyl/N-ethyl adjacent to an activating group) is 2. The molecule has 0 bridgehead atoms. The molecule has 0 saturated carbocycles. The number of carbonyl (C=O) groups is 2. The number of carbonyl (C=O) groups excluding carboxylic acids is 2. The lowest BCUT2D eigenvalue weighted by Gasteiger charge is -2.34. The Kier molecular flexibility index (Phi) is 13.2. The highest BCUT2D eigenvalue weighted by atomic mass is 16.2. The van der Waals surface area contributed by atoms with E-state index in [1.807, 2.05) is 37.5 Å². The summed E-state index contributed by atoms with van der Waals surface area (Å²) in [7, 11) is 4.13. The lowest BCUT2D eigenvalue weighted by atomic mass is 10.0. The molecule has 0 spiro atoms. The zero-order valence-electron chi connectivity index (χ0n) is 18.3. The van der Waals surface area contributed by atoms with Gasteiger partial charge in [0.15, 0.2) is 0 Å². The van der Waals surface area contributed by atoms with Gasteiger partial charge in [-0.2, -0.15) is 0 Å². The highest BCUT2D eigenvalue weighted by Crippen LogP contribution is 2.06. The fourth-order valence-electron chi connectivity index (χ4n) is 2.71. The van der Waals surface area contributed by atoms with Crippen molar-refractivity contribution in [3.63, 3.8) is 0 Å². The fourth-order valence-corrected chi connectivity index (χ4v) is 2.71. The highest BCUT2D eigenvalue weighted by Gasteiger charge is 2.25. The number of nitrogens with zero attached hydrogens (tertiary/aromatic N) is 4. The van der Waals surface area contributed by atoms with Crippen molar-refractivity contribution in [1.29, 1.82) is 0 Å². The maximum atomic E-state index is 11.8. The van der Waals surface area contributed by atoms with E-state index < -0.39 is 0 Å². The minimum Gasteiger partial charge on any atom is -0.339 e. The van der Waals surface area contributed by atoms with E-state index in [2.05, 4.69) is 23.9 Å². The van der Waals surface area contributed by atoms with Gasteiger partial charge in [-0.1, -0.05) is 27.7 Å². The fraction of sp³-hybridized carbons (Fsp3) is 0.895. The first kappa shape index (κ1) is 25.8. The van der Waals surface area contributed by atoms with Gasteiger partial charge in [0, 0.05) is 52.4 Å². The molecule has 2 amide bonds. The molecule has 2 aliphatic heterocycles. The largest absolute Gasteiger partial charge is 0.339 e. The summed E-state index contributed by atoms with van der Waals surface area (Å²) in [6.07, 6.45) is 0. The van der Waals surface area contributed by atoms with Gasteiger partial charge >= 0.3 is 0 Å². The van der Waals surface area contributed by atoms with E-state index in [1.165, 1.54) is 0 Å². The maximum absolute atomic E-state index is 11.8. The third kappa shape index (κ3) is 9.51. The summed E-state index contributed by atoms with van der Waals surface area (Å²) in [5, 5.41) is 0. The zero-order valence-corrected chi connectivity index (χ0v) is 18.3. The van der Waals surface area contributed by atoms with E-state index in [1.54, 1.807) is 0 Å². The molecular formula is C19H42N6O2. The summed E-state index contributed by atoms with van der Waals surface area (Å²) in [4.78, 5) is 31.0. The van der Waals surface area contributed by atoms with Gasteiger partial charge < -0.3 is 31.1 Å². The van der Waals surface area contributed by atoms with Crippen molar-refractivity contribution in [2.75, 3.05) is 73.0 Å². The second-order valence-corrected chi connectivity index (χ2v) is 7.29. The first-order valence-electron chi connectivity index (χ1n) is 10.2. The smallest absolute Gasteiger partial charge is 0.239 e. The standard InChI is InChI=1S/C10H21N3O.C7H15N3O.C2H6/c1-8(2)9(11)10(14)13-6-4-12(3)5-7-13;1-9-2-4-10(5-3-9)7(11)6-8;1-2/h8-9H,4-7,11H2,1-3H3;2-6,8H2,1H3;1-2H3. The van der Waals surface area contributed by atoms with Crippen LogP contribution in [0.25, 0.3) is 0 Å². The predicted octanol–water partition coefficient (Wildman–Crippen LogP) is -0.511. The minimum atomic E-state index is -0.335. The maximum Gasteiger partial charge on any atom is 0.239 e. The van der Waals surface area contributed by atoms with Gasteiger partial charge in [-0.25, -0.2) is 0 Å². The average Bonchev–Trinajstić information content (AvgIpc) is 2.69. The second kappa shape index (κ2) is 13.9. The zero-order chi connectivity index (χ0) is 21.0. The number of hydrogen-bond donors (Lipinski definition) is 2. The van der Waals surface area contributed by atoms with Crippen LogP contribution in [0.3, 0.4) is 0 Å². The predicted molar refractivity (Wildman–Crippen MR) is 111 cm³/mol. The lowest BCUT2D eigenvalue weighted by Crippen LogP contribution is -2.53. The van der Waals surface area contributed by atoms with Gasteiger partial charge in [-0.15, -0.1) is 0 Å². The van der Waals surface area contributed by atoms with Crippen molar-refractivity contribution in [1.82, 2.24) is 19.6 Å². The Balaban J connectivity index is 0.000000469. The van der Waals surface area contributed by atoms with Crippen LogP contribution in [0.1, 0.15) is 27.7 Å². The molecule has 0 radical (unpaired) electrons. The Labute approximate surface area is 165 Å². The molecule has 0 aromatic carbocycles. The molecule has 8 nitrogen and oxygen atoms in total. The number of piperazine rings is 2. The van der Waals surface area contributed by atoms with Crippen LogP contribution in [-0.2, 0) is 9.59 Å². The van der Waals surface area contributed by atoms with E-state index in [0.717, 1.165) is 52.4 Å². The van der Waals surface area contributed by atoms with Gasteiger partial charge in [0.05, 0.1) is 12.6 Å². The molecule has 2 heterocycles. The molecule has 0 aromatic heterocycles. The summed E-state index contributed by atoms with van der Waals surface area (Å²) in [6.45, 7) is 15.2. The van der Waals surface area contributed by atoms with Crippen LogP contribution in [0.15, 0.2) is 0 Å². The molecule has 2 fully saturated rings. The Morgan fingerprint density at radius 1 is 0.815 bits per heavy atom. The molecule has 2 saturated heterocycles. The van der Waals surface area contributed by atoms with Gasteiger partial charge in [-0.05, 0) is 20.0 Å². The molecule has 27 heavy (non-hydrogen) atoms. The molecule has 4 N–H and O–H groups in total. The number of nitrogens with two attached hydrogens (primary N) is 2. The first-order chi connectivity index (χ1) is 12.8. The van der Waals surface area contributed by atoms with Gasteiger partial charge in [0.2, 0.25) is 11.8 Å². The minimum absolute atomic E-state index is 0.0677. The topological polar surface area (TPSA) is 99.1 Å². The van der Waals surface area contributed by atoms with Gasteiger partial charge in [0.1, 0.15) is 0 Å². The summed E-state index contributed by atoms with van der Waals surface area (Å²) in [5.41, 5.74) is 11.1. The molecule has 160 valence electrons. The Morgan fingerprint density at radius 2 is 1.19 bits per heavy atom. The molecule has 1 unspecified atom stereocenters. The van der Waals surface area contributed by atoms with E-state index in [0.29, 0.717) is 0 Å². The van der Waals surface area contributed by atoms with Crippen LogP contribution < -0.4 is 11.5 Å². The van der Waals surface area contributed by atoms with E-state index in [4.69, 9.17) is 11.5 Å². The third-order valence-electron chi connectivity index (χ3n) is 4.85. The quantitative estimate of drug-likeness (QED) is 0.678. The first-order valence-corrected chi connectivity index (χ1v) is 10.2. The highest BCUT2D eigenvalue weighted by molar-refractivity contribution is 5.82. The molecule has 1 atom stereocenters. The summed E-state index contributed by atoms with van der Waals surface area (Å²) >= 11 is 0. The Hall–Kier alpha value is -1.22. The molecule has 0 aromatic rings. The number of hydrogen-bond acceptors (Lipinski definition) is 6. The monoisotopic (exact) mass is 386 g/mol. The number of rotatable bonds is 3. The van der Waals surface area contributed by atoms with Crippen LogP contribution in [0.5, 0.6) is 0 Å². The van der Waals surface area contributed by atoms with Crippen LogP contribution in [0.2, 0.25) is 0 Å². The lowest BCUT2D eigenvalue weighted by molar-refractivity contribution is -0.135. The van der Waals surface area contributed by atoms with E-state index >= 15 is 0 Å². The van der Waals surface area contributed by atoms with Crippen LogP contribution in [-0.4, -0.2) is 110 Å². The van der Waals surface area contributed by atoms with Crippen molar-refractivity contribution >= 4 is 11.8 Å². The number of amides is 2. The van der Waals surface area contributed by atoms with Crippen molar-refractivity contribution < 1.29 is 9.59 Å². The van der Waals surface area contributed by atoms with E-state index in [-0.39, 0.29) is 30.3 Å². The summed E-state index contributed by atoms with van der Waals surface area (Å²) < 4.78 is 0. The van der Waals surface area contributed by atoms with Crippen LogP contribution in [0.4, 0.5) is 0 Å². The van der Waals surface area contributed by atoms with Crippen molar-refractivity contribution in [3.8, 4) is 0 Å². The Bertz CT molecular complexity index is 416. The van der Waals surface area contributed by atoms with E-state index in [9.17, 15) is 9.59 Å². The molecule has 8 heteroatoms. The molecule has 0 aliphatic carbocycles. The van der Waals surface area contributed by atoms with Gasteiger partial charge in [-0.3, -0.25) is 9.59 Å². The molecular weight excluding hydrogens is 344 g/mol. The van der Waals surface area contributed by atoms with Crippen molar-refractivity contribution in [3.05, 3.63) is 0 Å². The summed E-state index contributed by atoms with van der Waals surface area (Å²) in [6, 6.07) is -0.335. The van der Waals surface area contributed by atoms with Crippen molar-refractivity contribution in [2.45, 2.75) is 33.7 Å². The molecule has 2 rings (SSSR count). The van der Waals surface area contributed by atoms with Crippen LogP contribution in [0, 0.1) is 5.92 Å².